The maximum absolute atomic E-state index is 10.9. The number of hydrogen-bond donors (Lipinski definition) is 1. The molecule has 1 unspecified atom stereocenters. The molecule has 0 heterocycles. The third-order valence-corrected chi connectivity index (χ3v) is 2.17. The number of carbonyl (C=O) groups excluding carboxylic acids is 1. The number of benzene rings is 1. The lowest BCUT2D eigenvalue weighted by Crippen LogP contribution is -2.23. The number of amides is 1. The summed E-state index contributed by atoms with van der Waals surface area (Å²) < 4.78 is 5.54. The number of ether oxygens (including phenoxy) is 1. The van der Waals surface area contributed by atoms with E-state index in [0.29, 0.717) is 0 Å². The molecule has 1 rings (SSSR count). The monoisotopic (exact) mass is 221 g/mol. The predicted molar refractivity (Wildman–Crippen MR) is 64.4 cm³/mol. The van der Waals surface area contributed by atoms with Crippen molar-refractivity contribution in [3.63, 3.8) is 0 Å². The normalized spacial score (nSPS) is 12.3. The SMILES string of the molecule is CC(=O)NC(C)c1ccc(OC(C)C)cc1. The molecule has 0 aliphatic rings. The average molecular weight is 221 g/mol. The molecule has 0 saturated heterocycles. The van der Waals surface area contributed by atoms with Gasteiger partial charge in [0.2, 0.25) is 5.91 Å². The van der Waals surface area contributed by atoms with Crippen LogP contribution in [0.1, 0.15) is 39.3 Å². The van der Waals surface area contributed by atoms with Crippen molar-refractivity contribution in [2.75, 3.05) is 0 Å². The van der Waals surface area contributed by atoms with Gasteiger partial charge < -0.3 is 10.1 Å². The highest BCUT2D eigenvalue weighted by Crippen LogP contribution is 2.18. The number of rotatable bonds is 4. The van der Waals surface area contributed by atoms with Gasteiger partial charge in [0.1, 0.15) is 5.75 Å². The number of hydrogen-bond acceptors (Lipinski definition) is 2. The van der Waals surface area contributed by atoms with Crippen molar-refractivity contribution < 1.29 is 9.53 Å². The largest absolute Gasteiger partial charge is 0.491 e. The molecular weight excluding hydrogens is 202 g/mol. The maximum atomic E-state index is 10.9. The van der Waals surface area contributed by atoms with Gasteiger partial charge in [-0.25, -0.2) is 0 Å². The topological polar surface area (TPSA) is 38.3 Å². The molecule has 0 radical (unpaired) electrons. The molecule has 88 valence electrons. The van der Waals surface area contributed by atoms with Gasteiger partial charge >= 0.3 is 0 Å². The van der Waals surface area contributed by atoms with Crippen LogP contribution in [0.2, 0.25) is 0 Å². The summed E-state index contributed by atoms with van der Waals surface area (Å²) in [7, 11) is 0. The van der Waals surface area contributed by atoms with Crippen LogP contribution in [0, 0.1) is 0 Å². The molecule has 0 fully saturated rings. The molecule has 16 heavy (non-hydrogen) atoms. The van der Waals surface area contributed by atoms with Crippen molar-refractivity contribution in [1.29, 1.82) is 0 Å². The summed E-state index contributed by atoms with van der Waals surface area (Å²) in [5, 5.41) is 2.84. The van der Waals surface area contributed by atoms with Gasteiger partial charge in [0.25, 0.3) is 0 Å². The van der Waals surface area contributed by atoms with E-state index < -0.39 is 0 Å². The lowest BCUT2D eigenvalue weighted by molar-refractivity contribution is -0.119. The Morgan fingerprint density at radius 3 is 2.19 bits per heavy atom. The molecule has 1 aromatic carbocycles. The van der Waals surface area contributed by atoms with Crippen LogP contribution in [0.3, 0.4) is 0 Å². The summed E-state index contributed by atoms with van der Waals surface area (Å²) in [6, 6.07) is 7.82. The lowest BCUT2D eigenvalue weighted by Gasteiger charge is -2.14. The first-order valence-corrected chi connectivity index (χ1v) is 5.52. The van der Waals surface area contributed by atoms with Crippen LogP contribution < -0.4 is 10.1 Å². The van der Waals surface area contributed by atoms with Gasteiger partial charge in [0.15, 0.2) is 0 Å². The number of nitrogens with one attached hydrogen (secondary N) is 1. The van der Waals surface area contributed by atoms with Crippen molar-refractivity contribution in [1.82, 2.24) is 5.32 Å². The first-order chi connectivity index (χ1) is 7.49. The highest BCUT2D eigenvalue weighted by atomic mass is 16.5. The van der Waals surface area contributed by atoms with E-state index in [1.165, 1.54) is 6.92 Å². The third kappa shape index (κ3) is 3.93. The van der Waals surface area contributed by atoms with Crippen LogP contribution >= 0.6 is 0 Å². The second-order valence-corrected chi connectivity index (χ2v) is 4.16. The first kappa shape index (κ1) is 12.6. The molecule has 1 amide bonds. The molecule has 1 aromatic rings. The van der Waals surface area contributed by atoms with Crippen LogP contribution in [-0.4, -0.2) is 12.0 Å². The van der Waals surface area contributed by atoms with Crippen LogP contribution in [-0.2, 0) is 4.79 Å². The maximum Gasteiger partial charge on any atom is 0.217 e. The van der Waals surface area contributed by atoms with Crippen LogP contribution in [0.15, 0.2) is 24.3 Å². The molecule has 0 saturated carbocycles. The van der Waals surface area contributed by atoms with Crippen molar-refractivity contribution in [3.8, 4) is 5.75 Å². The average Bonchev–Trinajstić information content (AvgIpc) is 2.16. The van der Waals surface area contributed by atoms with Crippen molar-refractivity contribution in [2.45, 2.75) is 39.8 Å². The lowest BCUT2D eigenvalue weighted by atomic mass is 10.1. The summed E-state index contributed by atoms with van der Waals surface area (Å²) in [6.45, 7) is 7.47. The van der Waals surface area contributed by atoms with E-state index in [-0.39, 0.29) is 18.1 Å². The quantitative estimate of drug-likeness (QED) is 0.848. The number of carbonyl (C=O) groups is 1. The zero-order valence-electron chi connectivity index (χ0n) is 10.3. The highest BCUT2D eigenvalue weighted by molar-refractivity contribution is 5.73. The van der Waals surface area contributed by atoms with E-state index in [4.69, 9.17) is 4.74 Å². The fourth-order valence-electron chi connectivity index (χ4n) is 1.50. The molecule has 0 aliphatic heterocycles. The van der Waals surface area contributed by atoms with E-state index in [0.717, 1.165) is 11.3 Å². The second kappa shape index (κ2) is 5.54. The molecular formula is C13H19NO2. The molecule has 0 spiro atoms. The first-order valence-electron chi connectivity index (χ1n) is 5.52. The Kier molecular flexibility index (Phi) is 4.35. The van der Waals surface area contributed by atoms with Gasteiger partial charge in [-0.05, 0) is 38.5 Å². The Hall–Kier alpha value is -1.51. The van der Waals surface area contributed by atoms with Crippen LogP contribution in [0.4, 0.5) is 0 Å². The minimum absolute atomic E-state index is 0.0185. The second-order valence-electron chi connectivity index (χ2n) is 4.16. The molecule has 1 atom stereocenters. The Balaban J connectivity index is 2.66. The Bertz CT molecular complexity index is 343. The van der Waals surface area contributed by atoms with Gasteiger partial charge in [-0.3, -0.25) is 4.79 Å². The van der Waals surface area contributed by atoms with Gasteiger partial charge in [0.05, 0.1) is 12.1 Å². The smallest absolute Gasteiger partial charge is 0.217 e. The van der Waals surface area contributed by atoms with E-state index in [9.17, 15) is 4.79 Å². The fourth-order valence-corrected chi connectivity index (χ4v) is 1.50. The summed E-state index contributed by atoms with van der Waals surface area (Å²) in [5.41, 5.74) is 1.08. The van der Waals surface area contributed by atoms with E-state index >= 15 is 0 Å². The Morgan fingerprint density at radius 2 is 1.75 bits per heavy atom. The summed E-state index contributed by atoms with van der Waals surface area (Å²) in [4.78, 5) is 10.9. The van der Waals surface area contributed by atoms with E-state index in [1.54, 1.807) is 0 Å². The third-order valence-electron chi connectivity index (χ3n) is 2.17. The zero-order chi connectivity index (χ0) is 12.1. The standard InChI is InChI=1S/C13H19NO2/c1-9(2)16-13-7-5-12(6-8-13)10(3)14-11(4)15/h5-10H,1-4H3,(H,14,15). The van der Waals surface area contributed by atoms with Gasteiger partial charge in [-0.1, -0.05) is 12.1 Å². The van der Waals surface area contributed by atoms with E-state index in [2.05, 4.69) is 5.32 Å². The Labute approximate surface area is 96.8 Å². The molecule has 3 heteroatoms. The molecule has 0 bridgehead atoms. The highest BCUT2D eigenvalue weighted by Gasteiger charge is 2.06. The fraction of sp³-hybridized carbons (Fsp3) is 0.462. The van der Waals surface area contributed by atoms with Crippen LogP contribution in [0.25, 0.3) is 0 Å². The molecule has 1 N–H and O–H groups in total. The van der Waals surface area contributed by atoms with Gasteiger partial charge in [-0.15, -0.1) is 0 Å². The Morgan fingerprint density at radius 1 is 1.19 bits per heavy atom. The summed E-state index contributed by atoms with van der Waals surface area (Å²) in [6.07, 6.45) is 0.179. The molecule has 3 nitrogen and oxygen atoms in total. The minimum atomic E-state index is -0.0185. The van der Waals surface area contributed by atoms with Crippen molar-refractivity contribution in [3.05, 3.63) is 29.8 Å². The summed E-state index contributed by atoms with van der Waals surface area (Å²) >= 11 is 0. The molecule has 0 aliphatic carbocycles. The zero-order valence-corrected chi connectivity index (χ0v) is 10.3. The van der Waals surface area contributed by atoms with E-state index in [1.807, 2.05) is 45.0 Å². The minimum Gasteiger partial charge on any atom is -0.491 e. The van der Waals surface area contributed by atoms with Gasteiger partial charge in [-0.2, -0.15) is 0 Å². The van der Waals surface area contributed by atoms with Crippen molar-refractivity contribution >= 4 is 5.91 Å². The molecule has 0 aromatic heterocycles. The van der Waals surface area contributed by atoms with Crippen molar-refractivity contribution in [2.24, 2.45) is 0 Å². The van der Waals surface area contributed by atoms with Gasteiger partial charge in [0, 0.05) is 6.92 Å². The summed E-state index contributed by atoms with van der Waals surface area (Å²) in [5.74, 6) is 0.837. The predicted octanol–water partition coefficient (Wildman–Crippen LogP) is 2.67. The van der Waals surface area contributed by atoms with Crippen LogP contribution in [0.5, 0.6) is 5.75 Å².